The lowest BCUT2D eigenvalue weighted by molar-refractivity contribution is 0.226. The molecule has 5 heteroatoms. The first kappa shape index (κ1) is 10.4. The van der Waals surface area contributed by atoms with E-state index in [9.17, 15) is 0 Å². The van der Waals surface area contributed by atoms with E-state index in [4.69, 9.17) is 15.2 Å². The second kappa shape index (κ2) is 3.63. The standard InChI is InChI=1S/C12H12N2O2S/c1-6-11-10(14-12(13)17-11)8-4-3-7(15-2)5-9(8)16-6/h3-6H,1-2H3,(H2,13,14)/t6-/m0/s1. The molecule has 1 aliphatic rings. The third-order valence-corrected chi connectivity index (χ3v) is 3.83. The molecule has 0 radical (unpaired) electrons. The van der Waals surface area contributed by atoms with Crippen LogP contribution in [0.2, 0.25) is 0 Å². The Bertz CT molecular complexity index is 580. The van der Waals surface area contributed by atoms with Crippen LogP contribution in [0.4, 0.5) is 5.13 Å². The summed E-state index contributed by atoms with van der Waals surface area (Å²) < 4.78 is 11.0. The highest BCUT2D eigenvalue weighted by atomic mass is 32.1. The van der Waals surface area contributed by atoms with Crippen LogP contribution in [-0.4, -0.2) is 12.1 Å². The summed E-state index contributed by atoms with van der Waals surface area (Å²) in [7, 11) is 1.64. The van der Waals surface area contributed by atoms with Crippen LogP contribution in [-0.2, 0) is 0 Å². The number of benzene rings is 1. The highest BCUT2D eigenvalue weighted by Gasteiger charge is 2.27. The summed E-state index contributed by atoms with van der Waals surface area (Å²) in [5, 5.41) is 0.578. The lowest BCUT2D eigenvalue weighted by Crippen LogP contribution is -2.09. The number of hydrogen-bond donors (Lipinski definition) is 1. The predicted molar refractivity (Wildman–Crippen MR) is 67.6 cm³/mol. The van der Waals surface area contributed by atoms with Crippen molar-refractivity contribution in [1.82, 2.24) is 4.98 Å². The lowest BCUT2D eigenvalue weighted by atomic mass is 10.0. The third kappa shape index (κ3) is 1.54. The average molecular weight is 248 g/mol. The van der Waals surface area contributed by atoms with E-state index in [1.165, 1.54) is 11.3 Å². The Labute approximate surface area is 103 Å². The monoisotopic (exact) mass is 248 g/mol. The average Bonchev–Trinajstić information content (AvgIpc) is 2.71. The summed E-state index contributed by atoms with van der Waals surface area (Å²) in [6.07, 6.45) is -0.0144. The van der Waals surface area contributed by atoms with Crippen LogP contribution in [0.15, 0.2) is 18.2 Å². The fourth-order valence-corrected chi connectivity index (χ4v) is 2.81. The van der Waals surface area contributed by atoms with Crippen LogP contribution in [0.3, 0.4) is 0 Å². The van der Waals surface area contributed by atoms with Crippen LogP contribution >= 0.6 is 11.3 Å². The van der Waals surface area contributed by atoms with Gasteiger partial charge in [-0.1, -0.05) is 11.3 Å². The minimum Gasteiger partial charge on any atom is -0.497 e. The van der Waals surface area contributed by atoms with Crippen LogP contribution in [0.25, 0.3) is 11.3 Å². The Morgan fingerprint density at radius 1 is 1.47 bits per heavy atom. The van der Waals surface area contributed by atoms with Gasteiger partial charge in [0, 0.05) is 11.6 Å². The van der Waals surface area contributed by atoms with Gasteiger partial charge in [0.15, 0.2) is 5.13 Å². The molecule has 0 saturated heterocycles. The summed E-state index contributed by atoms with van der Waals surface area (Å²) in [5.41, 5.74) is 7.67. The molecule has 1 atom stereocenters. The molecule has 0 aliphatic carbocycles. The van der Waals surface area contributed by atoms with E-state index in [1.54, 1.807) is 7.11 Å². The van der Waals surface area contributed by atoms with Crippen LogP contribution in [0.5, 0.6) is 11.5 Å². The topological polar surface area (TPSA) is 57.4 Å². The zero-order valence-corrected chi connectivity index (χ0v) is 10.4. The Kier molecular flexibility index (Phi) is 2.22. The fraction of sp³-hybridized carbons (Fsp3) is 0.250. The molecule has 2 aromatic rings. The van der Waals surface area contributed by atoms with E-state index in [-0.39, 0.29) is 6.10 Å². The molecule has 1 aromatic carbocycles. The van der Waals surface area contributed by atoms with Gasteiger partial charge in [0.1, 0.15) is 17.6 Å². The third-order valence-electron chi connectivity index (χ3n) is 2.79. The van der Waals surface area contributed by atoms with Gasteiger partial charge in [0.25, 0.3) is 0 Å². The van der Waals surface area contributed by atoms with E-state index in [1.807, 2.05) is 25.1 Å². The molecule has 0 spiro atoms. The van der Waals surface area contributed by atoms with Gasteiger partial charge in [-0.2, -0.15) is 0 Å². The first-order chi connectivity index (χ1) is 8.19. The first-order valence-electron chi connectivity index (χ1n) is 5.30. The van der Waals surface area contributed by atoms with Crippen molar-refractivity contribution in [2.45, 2.75) is 13.0 Å². The van der Waals surface area contributed by atoms with E-state index in [0.717, 1.165) is 27.6 Å². The molecule has 17 heavy (non-hydrogen) atoms. The first-order valence-corrected chi connectivity index (χ1v) is 6.12. The summed E-state index contributed by atoms with van der Waals surface area (Å²) in [4.78, 5) is 5.46. The Hall–Kier alpha value is -1.75. The van der Waals surface area contributed by atoms with Crippen molar-refractivity contribution in [3.8, 4) is 22.8 Å². The van der Waals surface area contributed by atoms with Crippen molar-refractivity contribution in [2.24, 2.45) is 0 Å². The molecule has 4 nitrogen and oxygen atoms in total. The number of nitrogen functional groups attached to an aromatic ring is 1. The second-order valence-corrected chi connectivity index (χ2v) is 4.95. The van der Waals surface area contributed by atoms with Crippen molar-refractivity contribution in [1.29, 1.82) is 0 Å². The molecule has 1 aromatic heterocycles. The van der Waals surface area contributed by atoms with E-state index in [0.29, 0.717) is 5.13 Å². The quantitative estimate of drug-likeness (QED) is 0.843. The molecular weight excluding hydrogens is 236 g/mol. The summed E-state index contributed by atoms with van der Waals surface area (Å²) in [5.74, 6) is 1.58. The Morgan fingerprint density at radius 3 is 3.06 bits per heavy atom. The highest BCUT2D eigenvalue weighted by Crippen LogP contribution is 2.46. The molecule has 2 heterocycles. The molecule has 2 N–H and O–H groups in total. The van der Waals surface area contributed by atoms with Crippen molar-refractivity contribution in [3.05, 3.63) is 23.1 Å². The maximum absolute atomic E-state index is 5.85. The molecule has 1 aliphatic heterocycles. The van der Waals surface area contributed by atoms with Crippen molar-refractivity contribution in [3.63, 3.8) is 0 Å². The maximum Gasteiger partial charge on any atom is 0.180 e. The number of fused-ring (bicyclic) bond motifs is 3. The van der Waals surface area contributed by atoms with Crippen molar-refractivity contribution in [2.75, 3.05) is 12.8 Å². The molecular formula is C12H12N2O2S. The second-order valence-electron chi connectivity index (χ2n) is 3.89. The highest BCUT2D eigenvalue weighted by molar-refractivity contribution is 7.15. The summed E-state index contributed by atoms with van der Waals surface area (Å²) in [6, 6.07) is 5.74. The van der Waals surface area contributed by atoms with Gasteiger partial charge in [-0.25, -0.2) is 4.98 Å². The smallest absolute Gasteiger partial charge is 0.180 e. The largest absolute Gasteiger partial charge is 0.497 e. The molecule has 0 unspecified atom stereocenters. The number of rotatable bonds is 1. The minimum absolute atomic E-state index is 0.0144. The summed E-state index contributed by atoms with van der Waals surface area (Å²) in [6.45, 7) is 2.00. The van der Waals surface area contributed by atoms with Crippen molar-refractivity contribution >= 4 is 16.5 Å². The predicted octanol–water partition coefficient (Wildman–Crippen LogP) is 2.85. The minimum atomic E-state index is -0.0144. The lowest BCUT2D eigenvalue weighted by Gasteiger charge is -2.22. The van der Waals surface area contributed by atoms with Crippen LogP contribution in [0.1, 0.15) is 17.9 Å². The van der Waals surface area contributed by atoms with E-state index < -0.39 is 0 Å². The maximum atomic E-state index is 5.85. The van der Waals surface area contributed by atoms with Crippen molar-refractivity contribution < 1.29 is 9.47 Å². The fourth-order valence-electron chi connectivity index (χ4n) is 1.98. The van der Waals surface area contributed by atoms with Gasteiger partial charge in [-0.05, 0) is 19.1 Å². The molecule has 0 fully saturated rings. The number of hydrogen-bond acceptors (Lipinski definition) is 5. The zero-order valence-electron chi connectivity index (χ0n) is 9.56. The normalized spacial score (nSPS) is 16.9. The number of thiazole rings is 1. The van der Waals surface area contributed by atoms with E-state index >= 15 is 0 Å². The molecule has 88 valence electrons. The number of nitrogens with two attached hydrogens (primary N) is 1. The van der Waals surface area contributed by atoms with Gasteiger partial charge in [0.2, 0.25) is 0 Å². The molecule has 0 amide bonds. The number of nitrogens with zero attached hydrogens (tertiary/aromatic N) is 1. The van der Waals surface area contributed by atoms with E-state index in [2.05, 4.69) is 4.98 Å². The van der Waals surface area contributed by atoms with Gasteiger partial charge in [-0.15, -0.1) is 0 Å². The van der Waals surface area contributed by atoms with Gasteiger partial charge >= 0.3 is 0 Å². The van der Waals surface area contributed by atoms with Gasteiger partial charge in [0.05, 0.1) is 17.7 Å². The van der Waals surface area contributed by atoms with Crippen LogP contribution in [0, 0.1) is 0 Å². The Balaban J connectivity index is 2.20. The number of methoxy groups -OCH3 is 1. The van der Waals surface area contributed by atoms with Gasteiger partial charge < -0.3 is 15.2 Å². The molecule has 0 bridgehead atoms. The Morgan fingerprint density at radius 2 is 2.29 bits per heavy atom. The molecule has 3 rings (SSSR count). The molecule has 0 saturated carbocycles. The SMILES string of the molecule is COc1ccc2c(c1)O[C@@H](C)c1sc(N)nc1-2. The summed E-state index contributed by atoms with van der Waals surface area (Å²) >= 11 is 1.48. The number of ether oxygens (including phenoxy) is 2. The number of anilines is 1. The van der Waals surface area contributed by atoms with Gasteiger partial charge in [-0.3, -0.25) is 0 Å². The zero-order chi connectivity index (χ0) is 12.0. The van der Waals surface area contributed by atoms with Crippen LogP contribution < -0.4 is 15.2 Å². The number of aromatic nitrogens is 1.